The first-order chi connectivity index (χ1) is 14.7. The predicted molar refractivity (Wildman–Crippen MR) is 115 cm³/mol. The average molecular weight is 407 g/mol. The van der Waals surface area contributed by atoms with E-state index in [1.165, 1.54) is 11.8 Å². The smallest absolute Gasteiger partial charge is 0.213 e. The Morgan fingerprint density at radius 2 is 1.73 bits per heavy atom. The number of pyridine rings is 2. The Labute approximate surface area is 176 Å². The molecule has 2 saturated heterocycles. The molecule has 4 heterocycles. The van der Waals surface area contributed by atoms with E-state index in [-0.39, 0.29) is 5.82 Å². The lowest BCUT2D eigenvalue weighted by Crippen LogP contribution is -2.30. The number of fused-ring (bicyclic) bond motifs is 2. The van der Waals surface area contributed by atoms with E-state index >= 15 is 0 Å². The van der Waals surface area contributed by atoms with Crippen molar-refractivity contribution in [3.8, 4) is 5.88 Å². The Morgan fingerprint density at radius 3 is 2.47 bits per heavy atom. The summed E-state index contributed by atoms with van der Waals surface area (Å²) < 4.78 is 19.8. The molecule has 0 spiro atoms. The third-order valence-corrected chi connectivity index (χ3v) is 6.51. The van der Waals surface area contributed by atoms with Gasteiger partial charge in [0.2, 0.25) is 5.88 Å². The Balaban J connectivity index is 1.21. The summed E-state index contributed by atoms with van der Waals surface area (Å²) in [6.45, 7) is 6.38. The number of hydrogen-bond donors (Lipinski definition) is 0. The second-order valence-electron chi connectivity index (χ2n) is 8.52. The molecule has 0 saturated carbocycles. The van der Waals surface area contributed by atoms with Gasteiger partial charge >= 0.3 is 0 Å². The monoisotopic (exact) mass is 406 g/mol. The van der Waals surface area contributed by atoms with Crippen LogP contribution in [0.15, 0.2) is 48.7 Å². The molecule has 30 heavy (non-hydrogen) atoms. The van der Waals surface area contributed by atoms with Gasteiger partial charge in [-0.15, -0.1) is 0 Å². The molecule has 5 nitrogen and oxygen atoms in total. The maximum Gasteiger partial charge on any atom is 0.213 e. The normalized spacial score (nSPS) is 21.9. The lowest BCUT2D eigenvalue weighted by molar-refractivity contribution is 0.252. The van der Waals surface area contributed by atoms with Crippen molar-refractivity contribution in [1.29, 1.82) is 0 Å². The highest BCUT2D eigenvalue weighted by Crippen LogP contribution is 2.32. The number of benzene rings is 1. The van der Waals surface area contributed by atoms with Crippen molar-refractivity contribution in [2.75, 3.05) is 39.8 Å². The van der Waals surface area contributed by atoms with Crippen molar-refractivity contribution >= 4 is 11.0 Å². The zero-order valence-electron chi connectivity index (χ0n) is 17.3. The molecular formula is C24H27FN4O. The van der Waals surface area contributed by atoms with Gasteiger partial charge in [0.15, 0.2) is 0 Å². The molecule has 1 aromatic carbocycles. The number of hydrogen-bond acceptors (Lipinski definition) is 5. The molecule has 0 unspecified atom stereocenters. The van der Waals surface area contributed by atoms with Crippen molar-refractivity contribution < 1.29 is 9.13 Å². The highest BCUT2D eigenvalue weighted by molar-refractivity contribution is 5.78. The van der Waals surface area contributed by atoms with Crippen LogP contribution in [-0.2, 0) is 13.0 Å². The summed E-state index contributed by atoms with van der Waals surface area (Å²) in [4.78, 5) is 13.7. The number of halogens is 1. The summed E-state index contributed by atoms with van der Waals surface area (Å²) in [5.41, 5.74) is 3.35. The number of likely N-dealkylation sites (tertiary alicyclic amines) is 2. The molecule has 0 bridgehead atoms. The molecule has 2 aliphatic heterocycles. The fourth-order valence-corrected chi connectivity index (χ4v) is 5.04. The van der Waals surface area contributed by atoms with Crippen LogP contribution in [0.2, 0.25) is 0 Å². The highest BCUT2D eigenvalue weighted by atomic mass is 19.1. The molecule has 2 aliphatic rings. The number of aromatic nitrogens is 2. The topological polar surface area (TPSA) is 41.5 Å². The third-order valence-electron chi connectivity index (χ3n) is 6.51. The largest absolute Gasteiger partial charge is 0.481 e. The Kier molecular flexibility index (Phi) is 5.35. The van der Waals surface area contributed by atoms with Gasteiger partial charge in [0.1, 0.15) is 5.82 Å². The summed E-state index contributed by atoms with van der Waals surface area (Å²) in [6.07, 6.45) is 1.95. The minimum atomic E-state index is -0.281. The molecule has 2 fully saturated rings. The number of nitrogens with zero attached hydrogens (tertiary/aromatic N) is 4. The van der Waals surface area contributed by atoms with Gasteiger partial charge in [-0.3, -0.25) is 9.88 Å². The van der Waals surface area contributed by atoms with Crippen molar-refractivity contribution in [1.82, 2.24) is 19.8 Å². The van der Waals surface area contributed by atoms with Gasteiger partial charge in [0.25, 0.3) is 0 Å². The van der Waals surface area contributed by atoms with Gasteiger partial charge in [-0.1, -0.05) is 30.3 Å². The Morgan fingerprint density at radius 1 is 1.00 bits per heavy atom. The van der Waals surface area contributed by atoms with Crippen molar-refractivity contribution in [3.63, 3.8) is 0 Å². The van der Waals surface area contributed by atoms with Crippen LogP contribution in [-0.4, -0.2) is 59.6 Å². The van der Waals surface area contributed by atoms with Crippen LogP contribution >= 0.6 is 0 Å². The minimum absolute atomic E-state index is 0.281. The first kappa shape index (κ1) is 19.4. The van der Waals surface area contributed by atoms with Crippen LogP contribution in [0, 0.1) is 17.7 Å². The van der Waals surface area contributed by atoms with Crippen molar-refractivity contribution in [3.05, 3.63) is 65.6 Å². The maximum absolute atomic E-state index is 14.5. The molecule has 5 rings (SSSR count). The fourth-order valence-electron chi connectivity index (χ4n) is 5.04. The van der Waals surface area contributed by atoms with E-state index in [4.69, 9.17) is 4.74 Å². The number of ether oxygens (including phenoxy) is 1. The molecule has 0 aliphatic carbocycles. The summed E-state index contributed by atoms with van der Waals surface area (Å²) in [5, 5.41) is 0. The van der Waals surface area contributed by atoms with Crippen LogP contribution in [0.1, 0.15) is 11.1 Å². The average Bonchev–Trinajstić information content (AvgIpc) is 3.31. The van der Waals surface area contributed by atoms with Crippen LogP contribution in [0.5, 0.6) is 5.88 Å². The number of rotatable bonds is 6. The van der Waals surface area contributed by atoms with Crippen LogP contribution < -0.4 is 4.74 Å². The minimum Gasteiger partial charge on any atom is -0.481 e. The third kappa shape index (κ3) is 3.89. The zero-order valence-corrected chi connectivity index (χ0v) is 17.3. The van der Waals surface area contributed by atoms with Crippen molar-refractivity contribution in [2.45, 2.75) is 13.0 Å². The molecule has 0 radical (unpaired) electrons. The first-order valence-corrected chi connectivity index (χ1v) is 10.7. The van der Waals surface area contributed by atoms with E-state index in [1.54, 1.807) is 13.2 Å². The highest BCUT2D eigenvalue weighted by Gasteiger charge is 2.39. The van der Waals surface area contributed by atoms with Crippen LogP contribution in [0.25, 0.3) is 11.0 Å². The molecule has 0 amide bonds. The second-order valence-corrected chi connectivity index (χ2v) is 8.52. The quantitative estimate of drug-likeness (QED) is 0.628. The maximum atomic E-state index is 14.5. The van der Waals surface area contributed by atoms with E-state index in [9.17, 15) is 4.39 Å². The van der Waals surface area contributed by atoms with E-state index in [1.807, 2.05) is 6.07 Å². The standard InChI is InChI=1S/C24H27FN4O/c1-30-23-8-7-22-24(27-23)20(21(25)11-26-22)9-10-28-13-18-15-29(16-19(18)14-28)12-17-5-3-2-4-6-17/h2-8,11,18-19H,9-10,12-16H2,1H3/t18-,19+. The van der Waals surface area contributed by atoms with Gasteiger partial charge < -0.3 is 9.64 Å². The van der Waals surface area contributed by atoms with E-state index < -0.39 is 0 Å². The first-order valence-electron chi connectivity index (χ1n) is 10.7. The van der Waals surface area contributed by atoms with Gasteiger partial charge in [0, 0.05) is 50.9 Å². The Hall–Kier alpha value is -2.57. The molecule has 2 atom stereocenters. The van der Waals surface area contributed by atoms with Gasteiger partial charge in [-0.2, -0.15) is 0 Å². The lowest BCUT2D eigenvalue weighted by Gasteiger charge is -2.21. The molecule has 3 aromatic rings. The van der Waals surface area contributed by atoms with Gasteiger partial charge in [-0.05, 0) is 29.9 Å². The summed E-state index contributed by atoms with van der Waals surface area (Å²) in [5.74, 6) is 1.64. The Bertz CT molecular complexity index is 1010. The van der Waals surface area contributed by atoms with Crippen LogP contribution in [0.4, 0.5) is 4.39 Å². The number of methoxy groups -OCH3 is 1. The fraction of sp³-hybridized carbons (Fsp3) is 0.417. The molecular weight excluding hydrogens is 379 g/mol. The van der Waals surface area contributed by atoms with E-state index in [0.29, 0.717) is 40.7 Å². The lowest BCUT2D eigenvalue weighted by atomic mass is 10.0. The summed E-state index contributed by atoms with van der Waals surface area (Å²) >= 11 is 0. The molecule has 156 valence electrons. The molecule has 6 heteroatoms. The predicted octanol–water partition coefficient (Wildman–Crippen LogP) is 3.38. The zero-order chi connectivity index (χ0) is 20.5. The molecule has 2 aromatic heterocycles. The van der Waals surface area contributed by atoms with Crippen LogP contribution in [0.3, 0.4) is 0 Å². The summed E-state index contributed by atoms with van der Waals surface area (Å²) in [6, 6.07) is 14.3. The molecule has 0 N–H and O–H groups in total. The summed E-state index contributed by atoms with van der Waals surface area (Å²) in [7, 11) is 1.57. The SMILES string of the molecule is COc1ccc2ncc(F)c(CCN3C[C@@H]4CN(Cc5ccccc5)C[C@@H]4C3)c2n1. The van der Waals surface area contributed by atoms with Crippen molar-refractivity contribution in [2.24, 2.45) is 11.8 Å². The van der Waals surface area contributed by atoms with E-state index in [2.05, 4.69) is 50.1 Å². The second kappa shape index (κ2) is 8.28. The van der Waals surface area contributed by atoms with E-state index in [0.717, 1.165) is 39.3 Å². The van der Waals surface area contributed by atoms with Gasteiger partial charge in [0.05, 0.1) is 24.3 Å². The van der Waals surface area contributed by atoms with Gasteiger partial charge in [-0.25, -0.2) is 9.37 Å².